The normalized spacial score (nSPS) is 15.3. The fourth-order valence-electron chi connectivity index (χ4n) is 2.60. The van der Waals surface area contributed by atoms with Gasteiger partial charge >= 0.3 is 0 Å². The fourth-order valence-corrected chi connectivity index (χ4v) is 2.60. The van der Waals surface area contributed by atoms with Crippen molar-refractivity contribution < 1.29 is 9.59 Å². The van der Waals surface area contributed by atoms with Gasteiger partial charge in [-0.3, -0.25) is 14.9 Å². The first-order valence-corrected chi connectivity index (χ1v) is 8.30. The summed E-state index contributed by atoms with van der Waals surface area (Å²) in [5.74, 6) is 0.198. The third-order valence-electron chi connectivity index (χ3n) is 3.87. The molecule has 8 heteroatoms. The number of likely N-dealkylation sites (tertiary alicyclic amines) is 1. The van der Waals surface area contributed by atoms with Crippen LogP contribution in [0.15, 0.2) is 6.33 Å². The van der Waals surface area contributed by atoms with Crippen LogP contribution in [-0.4, -0.2) is 58.2 Å². The molecular formula is C15H26N6O2. The lowest BCUT2D eigenvalue weighted by atomic mass is 10.2. The molecule has 128 valence electrons. The van der Waals surface area contributed by atoms with Crippen molar-refractivity contribution in [3.05, 3.63) is 6.33 Å². The number of aromatic nitrogens is 3. The van der Waals surface area contributed by atoms with Gasteiger partial charge in [-0.2, -0.15) is 0 Å². The van der Waals surface area contributed by atoms with Crippen molar-refractivity contribution in [3.8, 4) is 0 Å². The molecule has 0 radical (unpaired) electrons. The van der Waals surface area contributed by atoms with Crippen LogP contribution in [0, 0.1) is 0 Å². The summed E-state index contributed by atoms with van der Waals surface area (Å²) < 4.78 is 1.48. The largest absolute Gasteiger partial charge is 0.341 e. The summed E-state index contributed by atoms with van der Waals surface area (Å²) in [6.45, 7) is 2.60. The highest BCUT2D eigenvalue weighted by Gasteiger charge is 2.16. The van der Waals surface area contributed by atoms with Crippen LogP contribution in [0.4, 0.5) is 5.95 Å². The first kappa shape index (κ1) is 17.4. The number of hydrogen-bond donors (Lipinski definition) is 2. The molecule has 0 unspecified atom stereocenters. The van der Waals surface area contributed by atoms with Gasteiger partial charge in [-0.15, -0.1) is 5.10 Å². The van der Waals surface area contributed by atoms with Crippen LogP contribution in [0.1, 0.15) is 38.5 Å². The number of anilines is 1. The molecule has 8 nitrogen and oxygen atoms in total. The van der Waals surface area contributed by atoms with Gasteiger partial charge in [-0.25, -0.2) is 9.67 Å². The van der Waals surface area contributed by atoms with E-state index in [1.54, 1.807) is 0 Å². The van der Waals surface area contributed by atoms with Crippen molar-refractivity contribution in [2.24, 2.45) is 0 Å². The Kier molecular flexibility index (Phi) is 6.99. The maximum absolute atomic E-state index is 12.3. The van der Waals surface area contributed by atoms with Crippen molar-refractivity contribution in [1.29, 1.82) is 0 Å². The molecule has 2 N–H and O–H groups in total. The number of nitrogens with one attached hydrogen (secondary N) is 2. The highest BCUT2D eigenvalue weighted by molar-refractivity contribution is 5.88. The molecular weight excluding hydrogens is 296 g/mol. The van der Waals surface area contributed by atoms with E-state index in [2.05, 4.69) is 20.7 Å². The van der Waals surface area contributed by atoms with Crippen LogP contribution in [0.5, 0.6) is 0 Å². The lowest BCUT2D eigenvalue weighted by Crippen LogP contribution is -2.34. The zero-order valence-electron chi connectivity index (χ0n) is 13.8. The zero-order chi connectivity index (χ0) is 16.5. The van der Waals surface area contributed by atoms with E-state index in [0.29, 0.717) is 6.42 Å². The summed E-state index contributed by atoms with van der Waals surface area (Å²) in [5, 5.41) is 9.79. The van der Waals surface area contributed by atoms with E-state index in [-0.39, 0.29) is 24.3 Å². The van der Waals surface area contributed by atoms with E-state index < -0.39 is 0 Å². The number of rotatable bonds is 7. The molecule has 23 heavy (non-hydrogen) atoms. The molecule has 1 aliphatic heterocycles. The molecule has 1 aromatic rings. The molecule has 0 bridgehead atoms. The minimum Gasteiger partial charge on any atom is -0.341 e. The Balaban J connectivity index is 1.79. The van der Waals surface area contributed by atoms with E-state index in [0.717, 1.165) is 38.9 Å². The fraction of sp³-hybridized carbons (Fsp3) is 0.733. The summed E-state index contributed by atoms with van der Waals surface area (Å²) in [7, 11) is 1.85. The van der Waals surface area contributed by atoms with Crippen LogP contribution in [0.25, 0.3) is 0 Å². The summed E-state index contributed by atoms with van der Waals surface area (Å²) in [6.07, 6.45) is 7.18. The Morgan fingerprint density at radius 3 is 2.65 bits per heavy atom. The third kappa shape index (κ3) is 5.97. The molecule has 0 spiro atoms. The predicted molar refractivity (Wildman–Crippen MR) is 86.9 cm³/mol. The Morgan fingerprint density at radius 1 is 1.22 bits per heavy atom. The average Bonchev–Trinajstić information content (AvgIpc) is 2.79. The molecule has 2 heterocycles. The van der Waals surface area contributed by atoms with Crippen LogP contribution >= 0.6 is 0 Å². The van der Waals surface area contributed by atoms with Crippen LogP contribution < -0.4 is 10.6 Å². The van der Waals surface area contributed by atoms with Gasteiger partial charge in [0, 0.05) is 19.5 Å². The lowest BCUT2D eigenvalue weighted by Gasteiger charge is -2.19. The predicted octanol–water partition coefficient (Wildman–Crippen LogP) is 0.619. The highest BCUT2D eigenvalue weighted by atomic mass is 16.2. The molecule has 0 aliphatic carbocycles. The number of amides is 2. The third-order valence-corrected chi connectivity index (χ3v) is 3.87. The van der Waals surface area contributed by atoms with Gasteiger partial charge in [0.15, 0.2) is 0 Å². The zero-order valence-corrected chi connectivity index (χ0v) is 13.8. The monoisotopic (exact) mass is 322 g/mol. The van der Waals surface area contributed by atoms with E-state index in [1.807, 2.05) is 11.9 Å². The quantitative estimate of drug-likeness (QED) is 0.718. The molecule has 2 amide bonds. The SMILES string of the molecule is CNCCCC(=O)Nc1ncn(CC(=O)N2CCCCCC2)n1. The van der Waals surface area contributed by atoms with E-state index in [4.69, 9.17) is 0 Å². The lowest BCUT2D eigenvalue weighted by molar-refractivity contribution is -0.132. The minimum atomic E-state index is -0.114. The number of carbonyl (C=O) groups excluding carboxylic acids is 2. The number of hydrogen-bond acceptors (Lipinski definition) is 5. The van der Waals surface area contributed by atoms with Crippen molar-refractivity contribution in [1.82, 2.24) is 25.0 Å². The summed E-state index contributed by atoms with van der Waals surface area (Å²) in [4.78, 5) is 29.9. The van der Waals surface area contributed by atoms with Gasteiger partial charge in [0.2, 0.25) is 17.8 Å². The molecule has 0 aromatic carbocycles. The molecule has 1 aromatic heterocycles. The Hall–Kier alpha value is -1.96. The molecule has 1 aliphatic rings. The molecule has 1 fully saturated rings. The molecule has 0 atom stereocenters. The average molecular weight is 322 g/mol. The van der Waals surface area contributed by atoms with Gasteiger partial charge in [0.25, 0.3) is 0 Å². The maximum atomic E-state index is 12.3. The summed E-state index contributed by atoms with van der Waals surface area (Å²) in [6, 6.07) is 0. The Morgan fingerprint density at radius 2 is 1.96 bits per heavy atom. The van der Waals surface area contributed by atoms with Crippen molar-refractivity contribution in [2.75, 3.05) is 32.0 Å². The second-order valence-corrected chi connectivity index (χ2v) is 5.82. The van der Waals surface area contributed by atoms with Crippen LogP contribution in [0.2, 0.25) is 0 Å². The second-order valence-electron chi connectivity index (χ2n) is 5.82. The van der Waals surface area contributed by atoms with Crippen molar-refractivity contribution >= 4 is 17.8 Å². The minimum absolute atomic E-state index is 0.0590. The Labute approximate surface area is 136 Å². The molecule has 2 rings (SSSR count). The number of carbonyl (C=O) groups is 2. The second kappa shape index (κ2) is 9.24. The van der Waals surface area contributed by atoms with Gasteiger partial charge in [-0.1, -0.05) is 12.8 Å². The van der Waals surface area contributed by atoms with Crippen molar-refractivity contribution in [3.63, 3.8) is 0 Å². The van der Waals surface area contributed by atoms with Gasteiger partial charge in [-0.05, 0) is 32.9 Å². The summed E-state index contributed by atoms with van der Waals surface area (Å²) in [5.41, 5.74) is 0. The van der Waals surface area contributed by atoms with E-state index in [9.17, 15) is 9.59 Å². The van der Waals surface area contributed by atoms with Gasteiger partial charge < -0.3 is 10.2 Å². The standard InChI is InChI=1S/C15H26N6O2/c1-16-8-6-7-13(22)18-15-17-12-21(19-15)11-14(23)20-9-4-2-3-5-10-20/h12,16H,2-11H2,1H3,(H,18,19,22). The first-order valence-electron chi connectivity index (χ1n) is 8.30. The van der Waals surface area contributed by atoms with Gasteiger partial charge in [0.1, 0.15) is 12.9 Å². The van der Waals surface area contributed by atoms with E-state index in [1.165, 1.54) is 23.9 Å². The topological polar surface area (TPSA) is 92.2 Å². The number of nitrogens with zero attached hydrogens (tertiary/aromatic N) is 4. The van der Waals surface area contributed by atoms with Gasteiger partial charge in [0.05, 0.1) is 0 Å². The van der Waals surface area contributed by atoms with Crippen LogP contribution in [-0.2, 0) is 16.1 Å². The smallest absolute Gasteiger partial charge is 0.248 e. The maximum Gasteiger partial charge on any atom is 0.248 e. The molecule has 0 saturated carbocycles. The highest BCUT2D eigenvalue weighted by Crippen LogP contribution is 2.10. The Bertz CT molecular complexity index is 508. The van der Waals surface area contributed by atoms with Crippen molar-refractivity contribution in [2.45, 2.75) is 45.1 Å². The van der Waals surface area contributed by atoms with Crippen LogP contribution in [0.3, 0.4) is 0 Å². The first-order chi connectivity index (χ1) is 11.2. The summed E-state index contributed by atoms with van der Waals surface area (Å²) >= 11 is 0. The molecule has 1 saturated heterocycles. The van der Waals surface area contributed by atoms with E-state index >= 15 is 0 Å².